The van der Waals surface area contributed by atoms with Crippen molar-refractivity contribution in [2.75, 3.05) is 18.1 Å². The van der Waals surface area contributed by atoms with Gasteiger partial charge in [-0.05, 0) is 31.2 Å². The van der Waals surface area contributed by atoms with Gasteiger partial charge in [0.2, 0.25) is 0 Å². The zero-order chi connectivity index (χ0) is 25.3. The van der Waals surface area contributed by atoms with Crippen LogP contribution in [0.2, 0.25) is 0 Å². The molecule has 0 amide bonds. The van der Waals surface area contributed by atoms with E-state index in [1.54, 1.807) is 0 Å². The molecule has 2 atom stereocenters. The number of nitrogens with zero attached hydrogens (tertiary/aromatic N) is 2. The summed E-state index contributed by atoms with van der Waals surface area (Å²) < 4.78 is 6.17. The highest BCUT2D eigenvalue weighted by atomic mass is 16.5. The largest absolute Gasteiger partial charge is 0.482 e. The van der Waals surface area contributed by atoms with Crippen LogP contribution >= 0.6 is 0 Å². The fourth-order valence-corrected chi connectivity index (χ4v) is 5.46. The van der Waals surface area contributed by atoms with Gasteiger partial charge in [-0.2, -0.15) is 0 Å². The zero-order valence-electron chi connectivity index (χ0n) is 23.6. The summed E-state index contributed by atoms with van der Waals surface area (Å²) in [5.41, 5.74) is 2.41. The second-order valence-electron chi connectivity index (χ2n) is 11.0. The Morgan fingerprint density at radius 2 is 1.40 bits per heavy atom. The molecule has 1 N–H and O–H groups in total. The van der Waals surface area contributed by atoms with Crippen molar-refractivity contribution in [1.29, 1.82) is 0 Å². The van der Waals surface area contributed by atoms with Gasteiger partial charge in [0.15, 0.2) is 5.75 Å². The van der Waals surface area contributed by atoms with Crippen molar-refractivity contribution in [3.05, 3.63) is 18.0 Å². The zero-order valence-corrected chi connectivity index (χ0v) is 23.6. The van der Waals surface area contributed by atoms with Gasteiger partial charge in [0, 0.05) is 11.7 Å². The van der Waals surface area contributed by atoms with E-state index < -0.39 is 0 Å². The molecule has 1 aliphatic heterocycles. The Hall–Kier alpha value is -1.29. The third-order valence-electron chi connectivity index (χ3n) is 7.79. The smallest absolute Gasteiger partial charge is 0.161 e. The molecule has 0 fully saturated rings. The highest BCUT2D eigenvalue weighted by Crippen LogP contribution is 2.38. The van der Waals surface area contributed by atoms with Gasteiger partial charge in [-0.25, -0.2) is 0 Å². The van der Waals surface area contributed by atoms with E-state index in [1.807, 2.05) is 6.20 Å². The monoisotopic (exact) mass is 488 g/mol. The molecule has 1 aromatic rings. The number of unbranched alkanes of at least 4 members (excludes halogenated alkanes) is 11. The van der Waals surface area contributed by atoms with Gasteiger partial charge in [0.25, 0.3) is 0 Å². The molecule has 0 aliphatic carbocycles. The quantitative estimate of drug-likeness (QED) is 0.186. The number of hydrogen-bond donors (Lipinski definition) is 1. The van der Waals surface area contributed by atoms with Gasteiger partial charge >= 0.3 is 0 Å². The van der Waals surface area contributed by atoms with Crippen LogP contribution in [0.3, 0.4) is 0 Å². The first-order chi connectivity index (χ1) is 17.1. The third-order valence-corrected chi connectivity index (χ3v) is 7.79. The molecule has 4 nitrogen and oxygen atoms in total. The first-order valence-corrected chi connectivity index (χ1v) is 15.2. The molecule has 4 heteroatoms. The Bertz CT molecular complexity index is 651. The molecule has 0 bridgehead atoms. The Kier molecular flexibility index (Phi) is 15.4. The molecule has 0 radical (unpaired) electrons. The van der Waals surface area contributed by atoms with Crippen molar-refractivity contribution < 1.29 is 9.84 Å². The maximum absolute atomic E-state index is 9.97. The standard InChI is InChI=1S/C31H56N2O2/c1-5-8-11-14-17-20-27(21-18-15-12-9-6-2)33-24-28(25-34)35-31-23-32-29(22-30(31)33)26(4)19-16-13-10-7-3/h22-23,26-28,34H,5-21,24-25H2,1-4H3. The topological polar surface area (TPSA) is 45.6 Å². The number of aliphatic hydroxyl groups is 1. The van der Waals surface area contributed by atoms with E-state index in [4.69, 9.17) is 9.72 Å². The first-order valence-electron chi connectivity index (χ1n) is 15.2. The predicted octanol–water partition coefficient (Wildman–Crippen LogP) is 8.80. The van der Waals surface area contributed by atoms with E-state index in [9.17, 15) is 5.11 Å². The SMILES string of the molecule is CCCCCCCC(CCCCCCC)N1CC(CO)Oc2cnc(C(C)CCCCCC)cc21. The lowest BCUT2D eigenvalue weighted by Gasteiger charge is -2.41. The number of pyridine rings is 1. The summed E-state index contributed by atoms with van der Waals surface area (Å²) in [6.45, 7) is 10.0. The van der Waals surface area contributed by atoms with E-state index in [-0.39, 0.29) is 12.7 Å². The van der Waals surface area contributed by atoms with Crippen molar-refractivity contribution >= 4 is 5.69 Å². The number of aromatic nitrogens is 1. The third kappa shape index (κ3) is 10.7. The lowest BCUT2D eigenvalue weighted by molar-refractivity contribution is 0.108. The summed E-state index contributed by atoms with van der Waals surface area (Å²) >= 11 is 0. The first kappa shape index (κ1) is 29.9. The Balaban J connectivity index is 2.16. The number of rotatable bonds is 20. The fraction of sp³-hybridized carbons (Fsp3) is 0.839. The maximum Gasteiger partial charge on any atom is 0.161 e. The van der Waals surface area contributed by atoms with E-state index in [0.717, 1.165) is 12.3 Å². The van der Waals surface area contributed by atoms with E-state index in [2.05, 4.69) is 38.7 Å². The summed E-state index contributed by atoms with van der Waals surface area (Å²) in [7, 11) is 0. The lowest BCUT2D eigenvalue weighted by atomic mass is 9.96. The van der Waals surface area contributed by atoms with Crippen molar-refractivity contribution in [2.24, 2.45) is 0 Å². The van der Waals surface area contributed by atoms with Crippen LogP contribution in [0.5, 0.6) is 5.75 Å². The Morgan fingerprint density at radius 1 is 0.857 bits per heavy atom. The minimum Gasteiger partial charge on any atom is -0.482 e. The average molecular weight is 489 g/mol. The van der Waals surface area contributed by atoms with Crippen molar-refractivity contribution in [3.63, 3.8) is 0 Å². The van der Waals surface area contributed by atoms with Crippen LogP contribution in [0.1, 0.15) is 148 Å². The predicted molar refractivity (Wildman–Crippen MR) is 151 cm³/mol. The lowest BCUT2D eigenvalue weighted by Crippen LogP contribution is -2.47. The Labute approximate surface area is 217 Å². The summed E-state index contributed by atoms with van der Waals surface area (Å²) in [5.74, 6) is 1.33. The summed E-state index contributed by atoms with van der Waals surface area (Å²) in [4.78, 5) is 7.40. The normalized spacial score (nSPS) is 16.4. The van der Waals surface area contributed by atoms with Crippen LogP contribution in [-0.2, 0) is 0 Å². The molecule has 1 aliphatic rings. The number of anilines is 1. The van der Waals surface area contributed by atoms with Crippen LogP contribution < -0.4 is 9.64 Å². The molecule has 0 aromatic carbocycles. The minimum atomic E-state index is -0.163. The van der Waals surface area contributed by atoms with Crippen molar-refractivity contribution in [1.82, 2.24) is 4.98 Å². The van der Waals surface area contributed by atoms with Gasteiger partial charge in [-0.3, -0.25) is 4.98 Å². The molecule has 0 saturated heterocycles. The van der Waals surface area contributed by atoms with Gasteiger partial charge < -0.3 is 14.7 Å². The molecule has 2 rings (SSSR count). The summed E-state index contributed by atoms with van der Waals surface area (Å²) in [6.07, 6.45) is 23.9. The molecule has 2 unspecified atom stereocenters. The highest BCUT2D eigenvalue weighted by Gasteiger charge is 2.31. The van der Waals surface area contributed by atoms with Crippen LogP contribution in [0, 0.1) is 0 Å². The molecular formula is C31H56N2O2. The second-order valence-corrected chi connectivity index (χ2v) is 11.0. The van der Waals surface area contributed by atoms with Gasteiger partial charge in [-0.15, -0.1) is 0 Å². The minimum absolute atomic E-state index is 0.0608. The maximum atomic E-state index is 9.97. The van der Waals surface area contributed by atoms with Crippen LogP contribution in [-0.4, -0.2) is 35.4 Å². The van der Waals surface area contributed by atoms with Gasteiger partial charge in [0.05, 0.1) is 25.0 Å². The molecule has 0 spiro atoms. The van der Waals surface area contributed by atoms with Crippen molar-refractivity contribution in [2.45, 2.75) is 155 Å². The molecule has 0 saturated carbocycles. The summed E-state index contributed by atoms with van der Waals surface area (Å²) in [5, 5.41) is 9.97. The second kappa shape index (κ2) is 18.0. The van der Waals surface area contributed by atoms with E-state index in [1.165, 1.54) is 121 Å². The number of fused-ring (bicyclic) bond motifs is 1. The van der Waals surface area contributed by atoms with Crippen LogP contribution in [0.4, 0.5) is 5.69 Å². The summed E-state index contributed by atoms with van der Waals surface area (Å²) in [6, 6.07) is 2.83. The number of hydrogen-bond acceptors (Lipinski definition) is 4. The molecule has 1 aromatic heterocycles. The molecule has 2 heterocycles. The van der Waals surface area contributed by atoms with Gasteiger partial charge in [0.1, 0.15) is 6.10 Å². The number of ether oxygens (including phenoxy) is 1. The Morgan fingerprint density at radius 3 is 1.97 bits per heavy atom. The molecule has 202 valence electrons. The molecular weight excluding hydrogens is 432 g/mol. The average Bonchev–Trinajstić information content (AvgIpc) is 2.88. The number of aliphatic hydroxyl groups excluding tert-OH is 1. The van der Waals surface area contributed by atoms with Crippen LogP contribution in [0.25, 0.3) is 0 Å². The molecule has 35 heavy (non-hydrogen) atoms. The highest BCUT2D eigenvalue weighted by molar-refractivity contribution is 5.61. The van der Waals surface area contributed by atoms with Crippen molar-refractivity contribution in [3.8, 4) is 5.75 Å². The van der Waals surface area contributed by atoms with E-state index >= 15 is 0 Å². The van der Waals surface area contributed by atoms with Gasteiger partial charge in [-0.1, -0.05) is 118 Å². The van der Waals surface area contributed by atoms with Crippen LogP contribution in [0.15, 0.2) is 12.3 Å². The van der Waals surface area contributed by atoms with E-state index in [0.29, 0.717) is 12.0 Å². The fourth-order valence-electron chi connectivity index (χ4n) is 5.46.